The fraction of sp³-hybridized carbons (Fsp3) is 0.190. The van der Waals surface area contributed by atoms with Gasteiger partial charge in [0.25, 0.3) is 5.91 Å². The topological polar surface area (TPSA) is 58.1 Å². The number of pyridine rings is 2. The highest BCUT2D eigenvalue weighted by Gasteiger charge is 2.15. The van der Waals surface area contributed by atoms with Crippen molar-refractivity contribution in [1.82, 2.24) is 14.9 Å². The molecule has 0 saturated carbocycles. The quantitative estimate of drug-likeness (QED) is 0.708. The Balaban J connectivity index is 1.62. The smallest absolute Gasteiger partial charge is 0.272 e. The third-order valence-corrected chi connectivity index (χ3v) is 4.07. The fourth-order valence-electron chi connectivity index (χ4n) is 2.61. The van der Waals surface area contributed by atoms with Crippen molar-refractivity contribution in [2.24, 2.45) is 0 Å². The molecule has 0 atom stereocenters. The number of benzene rings is 1. The molecule has 2 aromatic heterocycles. The van der Waals surface area contributed by atoms with Crippen molar-refractivity contribution in [1.29, 1.82) is 0 Å². The SMILES string of the molecule is CCN(Cc1ccccc1)C(=O)c1ccc(NCc2ccccn2)cn1. The molecule has 0 aliphatic heterocycles. The zero-order chi connectivity index (χ0) is 18.2. The Bertz CT molecular complexity index is 820. The maximum atomic E-state index is 12.7. The number of amides is 1. The summed E-state index contributed by atoms with van der Waals surface area (Å²) in [5, 5.41) is 3.26. The molecule has 3 aromatic rings. The normalized spacial score (nSPS) is 10.3. The maximum Gasteiger partial charge on any atom is 0.272 e. The summed E-state index contributed by atoms with van der Waals surface area (Å²) in [4.78, 5) is 23.1. The molecule has 0 unspecified atom stereocenters. The van der Waals surface area contributed by atoms with Crippen molar-refractivity contribution in [3.8, 4) is 0 Å². The summed E-state index contributed by atoms with van der Waals surface area (Å²) in [7, 11) is 0. The van der Waals surface area contributed by atoms with E-state index < -0.39 is 0 Å². The van der Waals surface area contributed by atoms with E-state index in [1.165, 1.54) is 0 Å². The highest BCUT2D eigenvalue weighted by atomic mass is 16.2. The molecule has 0 aliphatic rings. The first-order chi connectivity index (χ1) is 12.8. The van der Waals surface area contributed by atoms with Gasteiger partial charge in [-0.3, -0.25) is 9.78 Å². The predicted octanol–water partition coefficient (Wildman–Crippen LogP) is 3.75. The summed E-state index contributed by atoms with van der Waals surface area (Å²) in [6, 6.07) is 19.4. The number of hydrogen-bond donors (Lipinski definition) is 1. The van der Waals surface area contributed by atoms with Crippen molar-refractivity contribution in [2.75, 3.05) is 11.9 Å². The van der Waals surface area contributed by atoms with Crippen LogP contribution in [0.25, 0.3) is 0 Å². The molecule has 1 amide bonds. The zero-order valence-electron chi connectivity index (χ0n) is 14.8. The molecule has 132 valence electrons. The number of nitrogens with zero attached hydrogens (tertiary/aromatic N) is 3. The first-order valence-electron chi connectivity index (χ1n) is 8.69. The Morgan fingerprint density at radius 1 is 1.00 bits per heavy atom. The summed E-state index contributed by atoms with van der Waals surface area (Å²) >= 11 is 0. The molecule has 0 radical (unpaired) electrons. The van der Waals surface area contributed by atoms with Crippen molar-refractivity contribution < 1.29 is 4.79 Å². The Hall–Kier alpha value is -3.21. The van der Waals surface area contributed by atoms with Crippen LogP contribution in [-0.2, 0) is 13.1 Å². The van der Waals surface area contributed by atoms with E-state index in [2.05, 4.69) is 15.3 Å². The maximum absolute atomic E-state index is 12.7. The van der Waals surface area contributed by atoms with Gasteiger partial charge < -0.3 is 10.2 Å². The first kappa shape index (κ1) is 17.6. The zero-order valence-corrected chi connectivity index (χ0v) is 14.8. The van der Waals surface area contributed by atoms with Crippen molar-refractivity contribution in [3.05, 3.63) is 90.0 Å². The number of carbonyl (C=O) groups excluding carboxylic acids is 1. The Morgan fingerprint density at radius 3 is 2.46 bits per heavy atom. The standard InChI is InChI=1S/C21H22N4O/c1-2-25(16-17-8-4-3-5-9-17)21(26)20-12-11-19(15-24-20)23-14-18-10-6-7-13-22-18/h3-13,15,23H,2,14,16H2,1H3. The lowest BCUT2D eigenvalue weighted by molar-refractivity contribution is 0.0746. The number of anilines is 1. The number of rotatable bonds is 7. The molecule has 26 heavy (non-hydrogen) atoms. The number of carbonyl (C=O) groups is 1. The third kappa shape index (κ3) is 4.66. The summed E-state index contributed by atoms with van der Waals surface area (Å²) in [6.45, 7) is 3.81. The van der Waals surface area contributed by atoms with E-state index in [1.807, 2.05) is 61.5 Å². The molecule has 0 aliphatic carbocycles. The van der Waals surface area contributed by atoms with E-state index >= 15 is 0 Å². The van der Waals surface area contributed by atoms with Crippen molar-refractivity contribution in [2.45, 2.75) is 20.0 Å². The van der Waals surface area contributed by atoms with Gasteiger partial charge in [-0.25, -0.2) is 4.98 Å². The van der Waals surface area contributed by atoms with Gasteiger partial charge in [0, 0.05) is 19.3 Å². The lowest BCUT2D eigenvalue weighted by Crippen LogP contribution is -2.30. The molecule has 0 fully saturated rings. The lowest BCUT2D eigenvalue weighted by Gasteiger charge is -2.20. The molecular formula is C21H22N4O. The molecule has 5 heteroatoms. The van der Waals surface area contributed by atoms with Gasteiger partial charge in [-0.2, -0.15) is 0 Å². The van der Waals surface area contributed by atoms with Gasteiger partial charge in [0.1, 0.15) is 5.69 Å². The Labute approximate surface area is 153 Å². The lowest BCUT2D eigenvalue weighted by atomic mass is 10.2. The Morgan fingerprint density at radius 2 is 1.81 bits per heavy atom. The molecule has 0 spiro atoms. The van der Waals surface area contributed by atoms with E-state index in [9.17, 15) is 4.79 Å². The van der Waals surface area contributed by atoms with Crippen LogP contribution in [0.4, 0.5) is 5.69 Å². The second-order valence-corrected chi connectivity index (χ2v) is 5.91. The van der Waals surface area contributed by atoms with Gasteiger partial charge in [-0.1, -0.05) is 36.4 Å². The van der Waals surface area contributed by atoms with Gasteiger partial charge in [0.2, 0.25) is 0 Å². The highest BCUT2D eigenvalue weighted by Crippen LogP contribution is 2.12. The molecule has 0 bridgehead atoms. The number of hydrogen-bond acceptors (Lipinski definition) is 4. The van der Waals surface area contributed by atoms with Crippen LogP contribution >= 0.6 is 0 Å². The van der Waals surface area contributed by atoms with Gasteiger partial charge >= 0.3 is 0 Å². The summed E-state index contributed by atoms with van der Waals surface area (Å²) in [6.07, 6.45) is 3.45. The van der Waals surface area contributed by atoms with Crippen LogP contribution in [0.1, 0.15) is 28.7 Å². The van der Waals surface area contributed by atoms with E-state index in [-0.39, 0.29) is 5.91 Å². The first-order valence-corrected chi connectivity index (χ1v) is 8.69. The van der Waals surface area contributed by atoms with Crippen LogP contribution in [-0.4, -0.2) is 27.3 Å². The van der Waals surface area contributed by atoms with Crippen molar-refractivity contribution >= 4 is 11.6 Å². The molecule has 3 rings (SSSR count). The summed E-state index contributed by atoms with van der Waals surface area (Å²) in [5.74, 6) is -0.0624. The molecule has 1 aromatic carbocycles. The largest absolute Gasteiger partial charge is 0.378 e. The minimum absolute atomic E-state index is 0.0624. The molecule has 1 N–H and O–H groups in total. The van der Waals surface area contributed by atoms with Crippen LogP contribution in [0.3, 0.4) is 0 Å². The average molecular weight is 346 g/mol. The minimum Gasteiger partial charge on any atom is -0.378 e. The van der Waals surface area contributed by atoms with Crippen LogP contribution in [0.2, 0.25) is 0 Å². The molecular weight excluding hydrogens is 324 g/mol. The van der Waals surface area contributed by atoms with Crippen LogP contribution < -0.4 is 5.32 Å². The monoisotopic (exact) mass is 346 g/mol. The van der Waals surface area contributed by atoms with Gasteiger partial charge in [0.05, 0.1) is 24.1 Å². The van der Waals surface area contributed by atoms with E-state index in [0.717, 1.165) is 16.9 Å². The number of aromatic nitrogens is 2. The van der Waals surface area contributed by atoms with Crippen LogP contribution in [0, 0.1) is 0 Å². The molecule has 2 heterocycles. The second-order valence-electron chi connectivity index (χ2n) is 5.91. The van der Waals surface area contributed by atoms with Crippen LogP contribution in [0.5, 0.6) is 0 Å². The van der Waals surface area contributed by atoms with Crippen molar-refractivity contribution in [3.63, 3.8) is 0 Å². The summed E-state index contributed by atoms with van der Waals surface area (Å²) in [5.41, 5.74) is 3.37. The third-order valence-electron chi connectivity index (χ3n) is 4.07. The molecule has 0 saturated heterocycles. The van der Waals surface area contributed by atoms with E-state index in [1.54, 1.807) is 23.4 Å². The Kier molecular flexibility index (Phi) is 5.93. The minimum atomic E-state index is -0.0624. The highest BCUT2D eigenvalue weighted by molar-refractivity contribution is 5.92. The molecule has 5 nitrogen and oxygen atoms in total. The van der Waals surface area contributed by atoms with Crippen LogP contribution in [0.15, 0.2) is 73.1 Å². The average Bonchev–Trinajstić information content (AvgIpc) is 2.72. The van der Waals surface area contributed by atoms with E-state index in [4.69, 9.17) is 0 Å². The van der Waals surface area contributed by atoms with Gasteiger partial charge in [-0.15, -0.1) is 0 Å². The summed E-state index contributed by atoms with van der Waals surface area (Å²) < 4.78 is 0. The second kappa shape index (κ2) is 8.76. The van der Waals surface area contributed by atoms with E-state index in [0.29, 0.717) is 25.3 Å². The van der Waals surface area contributed by atoms with Gasteiger partial charge in [-0.05, 0) is 36.8 Å². The fourth-order valence-corrected chi connectivity index (χ4v) is 2.61. The predicted molar refractivity (Wildman–Crippen MR) is 103 cm³/mol. The van der Waals surface area contributed by atoms with Gasteiger partial charge in [0.15, 0.2) is 0 Å². The number of nitrogens with one attached hydrogen (secondary N) is 1.